The summed E-state index contributed by atoms with van der Waals surface area (Å²) in [5.41, 5.74) is 0. The average Bonchev–Trinajstić information content (AvgIpc) is 2.39. The topological polar surface area (TPSA) is 87.2 Å². The van der Waals surface area contributed by atoms with Gasteiger partial charge >= 0.3 is 0 Å². The van der Waals surface area contributed by atoms with Crippen molar-refractivity contribution in [2.45, 2.75) is 13.3 Å². The van der Waals surface area contributed by atoms with E-state index in [2.05, 4.69) is 20.6 Å². The predicted molar refractivity (Wildman–Crippen MR) is 76.7 cm³/mol. The standard InChI is InChI=1S/C11H20FN5O2S/c1-4-5-14-11-15-8-9(12)10(16-11)13-6-7-20(18,19)17(2)3/h8H,4-7H2,1-3H3,(H2,13,14,15,16). The van der Waals surface area contributed by atoms with Crippen molar-refractivity contribution < 1.29 is 12.8 Å². The van der Waals surface area contributed by atoms with Crippen LogP contribution in [0, 0.1) is 5.82 Å². The van der Waals surface area contributed by atoms with Gasteiger partial charge in [0.25, 0.3) is 0 Å². The number of aromatic nitrogens is 2. The number of nitrogens with zero attached hydrogens (tertiary/aromatic N) is 3. The van der Waals surface area contributed by atoms with Crippen molar-refractivity contribution in [2.75, 3.05) is 43.6 Å². The molecule has 114 valence electrons. The van der Waals surface area contributed by atoms with Crippen LogP contribution >= 0.6 is 0 Å². The molecule has 0 aliphatic carbocycles. The van der Waals surface area contributed by atoms with Crippen molar-refractivity contribution >= 4 is 21.8 Å². The largest absolute Gasteiger partial charge is 0.366 e. The molecule has 9 heteroatoms. The molecule has 0 aromatic carbocycles. The minimum atomic E-state index is -3.32. The van der Waals surface area contributed by atoms with Gasteiger partial charge in [0.2, 0.25) is 16.0 Å². The summed E-state index contributed by atoms with van der Waals surface area (Å²) >= 11 is 0. The van der Waals surface area contributed by atoms with E-state index in [0.29, 0.717) is 12.5 Å². The summed E-state index contributed by atoms with van der Waals surface area (Å²) in [7, 11) is -0.413. The number of hydrogen-bond donors (Lipinski definition) is 2. The van der Waals surface area contributed by atoms with Gasteiger partial charge in [0.05, 0.1) is 11.9 Å². The summed E-state index contributed by atoms with van der Waals surface area (Å²) in [4.78, 5) is 7.76. The molecule has 0 spiro atoms. The molecule has 1 aromatic rings. The summed E-state index contributed by atoms with van der Waals surface area (Å²) in [6, 6.07) is 0. The van der Waals surface area contributed by atoms with Gasteiger partial charge in [0.15, 0.2) is 11.6 Å². The molecule has 0 radical (unpaired) electrons. The first-order valence-electron chi connectivity index (χ1n) is 6.27. The summed E-state index contributed by atoms with van der Waals surface area (Å²) in [5.74, 6) is -0.450. The van der Waals surface area contributed by atoms with E-state index in [9.17, 15) is 12.8 Å². The molecule has 0 amide bonds. The molecular weight excluding hydrogens is 285 g/mol. The third-order valence-electron chi connectivity index (χ3n) is 2.49. The number of nitrogens with one attached hydrogen (secondary N) is 2. The Morgan fingerprint density at radius 3 is 2.60 bits per heavy atom. The number of hydrogen-bond acceptors (Lipinski definition) is 6. The van der Waals surface area contributed by atoms with Crippen LogP contribution in [0.4, 0.5) is 16.2 Å². The van der Waals surface area contributed by atoms with Gasteiger partial charge in [-0.2, -0.15) is 4.98 Å². The van der Waals surface area contributed by atoms with Crippen LogP contribution < -0.4 is 10.6 Å². The lowest BCUT2D eigenvalue weighted by atomic mass is 10.5. The molecular formula is C11H20FN5O2S. The normalized spacial score (nSPS) is 11.7. The summed E-state index contributed by atoms with van der Waals surface area (Å²) < 4.78 is 37.7. The monoisotopic (exact) mass is 305 g/mol. The molecule has 20 heavy (non-hydrogen) atoms. The molecule has 0 aliphatic rings. The van der Waals surface area contributed by atoms with Gasteiger partial charge in [-0.25, -0.2) is 22.1 Å². The van der Waals surface area contributed by atoms with E-state index < -0.39 is 15.8 Å². The highest BCUT2D eigenvalue weighted by Gasteiger charge is 2.14. The van der Waals surface area contributed by atoms with Crippen molar-refractivity contribution in [2.24, 2.45) is 0 Å². The van der Waals surface area contributed by atoms with Crippen LogP contribution in [0.1, 0.15) is 13.3 Å². The van der Waals surface area contributed by atoms with Crippen LogP contribution in [0.3, 0.4) is 0 Å². The molecule has 0 fully saturated rings. The van der Waals surface area contributed by atoms with E-state index >= 15 is 0 Å². The van der Waals surface area contributed by atoms with Crippen molar-refractivity contribution in [1.82, 2.24) is 14.3 Å². The molecule has 2 N–H and O–H groups in total. The lowest BCUT2D eigenvalue weighted by Crippen LogP contribution is -2.28. The molecule has 1 heterocycles. The zero-order chi connectivity index (χ0) is 15.2. The molecule has 1 rings (SSSR count). The zero-order valence-electron chi connectivity index (χ0n) is 11.9. The summed E-state index contributed by atoms with van der Waals surface area (Å²) in [6.45, 7) is 2.74. The first kappa shape index (κ1) is 16.6. The molecule has 0 unspecified atom stereocenters. The van der Waals surface area contributed by atoms with Gasteiger partial charge in [-0.3, -0.25) is 0 Å². The van der Waals surface area contributed by atoms with Crippen LogP contribution in [0.2, 0.25) is 0 Å². The van der Waals surface area contributed by atoms with E-state index in [-0.39, 0.29) is 18.1 Å². The Balaban J connectivity index is 2.63. The van der Waals surface area contributed by atoms with Gasteiger partial charge in [0.1, 0.15) is 0 Å². The average molecular weight is 305 g/mol. The van der Waals surface area contributed by atoms with Gasteiger partial charge in [-0.15, -0.1) is 0 Å². The van der Waals surface area contributed by atoms with Gasteiger partial charge in [-0.1, -0.05) is 6.92 Å². The fourth-order valence-corrected chi connectivity index (χ4v) is 2.02. The Bertz CT molecular complexity index is 536. The molecule has 0 saturated heterocycles. The lowest BCUT2D eigenvalue weighted by molar-refractivity contribution is 0.521. The van der Waals surface area contributed by atoms with Crippen LogP contribution in [0.5, 0.6) is 0 Å². The maximum Gasteiger partial charge on any atom is 0.224 e. The Labute approximate surface area is 118 Å². The summed E-state index contributed by atoms with van der Waals surface area (Å²) in [5, 5.41) is 5.60. The Hall–Kier alpha value is -1.48. The first-order chi connectivity index (χ1) is 9.36. The van der Waals surface area contributed by atoms with E-state index in [0.717, 1.165) is 16.9 Å². The smallest absolute Gasteiger partial charge is 0.224 e. The quantitative estimate of drug-likeness (QED) is 0.736. The number of halogens is 1. The first-order valence-corrected chi connectivity index (χ1v) is 7.88. The molecule has 0 atom stereocenters. The molecule has 1 aromatic heterocycles. The zero-order valence-corrected chi connectivity index (χ0v) is 12.7. The van der Waals surface area contributed by atoms with Crippen molar-refractivity contribution in [3.8, 4) is 0 Å². The fraction of sp³-hybridized carbons (Fsp3) is 0.636. The van der Waals surface area contributed by atoms with Crippen LogP contribution in [-0.2, 0) is 10.0 Å². The minimum absolute atomic E-state index is 0.00689. The van der Waals surface area contributed by atoms with E-state index in [1.54, 1.807) is 0 Å². The Morgan fingerprint density at radius 2 is 2.00 bits per heavy atom. The van der Waals surface area contributed by atoms with E-state index in [4.69, 9.17) is 0 Å². The second-order valence-corrected chi connectivity index (χ2v) is 6.64. The second-order valence-electron chi connectivity index (χ2n) is 4.34. The highest BCUT2D eigenvalue weighted by Crippen LogP contribution is 2.11. The van der Waals surface area contributed by atoms with Gasteiger partial charge in [-0.05, 0) is 6.42 Å². The maximum atomic E-state index is 13.5. The van der Waals surface area contributed by atoms with Crippen molar-refractivity contribution in [1.29, 1.82) is 0 Å². The van der Waals surface area contributed by atoms with Crippen LogP contribution in [0.25, 0.3) is 0 Å². The SMILES string of the molecule is CCCNc1ncc(F)c(NCCS(=O)(=O)N(C)C)n1. The number of rotatable bonds is 8. The van der Waals surface area contributed by atoms with Crippen LogP contribution in [0.15, 0.2) is 6.20 Å². The van der Waals surface area contributed by atoms with Crippen molar-refractivity contribution in [3.05, 3.63) is 12.0 Å². The van der Waals surface area contributed by atoms with Crippen LogP contribution in [-0.4, -0.2) is 55.6 Å². The molecule has 0 aliphatic heterocycles. The third-order valence-corrected chi connectivity index (χ3v) is 4.32. The number of sulfonamides is 1. The van der Waals surface area contributed by atoms with Gasteiger partial charge < -0.3 is 10.6 Å². The van der Waals surface area contributed by atoms with Crippen molar-refractivity contribution in [3.63, 3.8) is 0 Å². The van der Waals surface area contributed by atoms with E-state index in [1.165, 1.54) is 14.1 Å². The Kier molecular flexibility index (Phi) is 6.08. The Morgan fingerprint density at radius 1 is 1.30 bits per heavy atom. The maximum absolute atomic E-state index is 13.5. The second kappa shape index (κ2) is 7.34. The van der Waals surface area contributed by atoms with Gasteiger partial charge in [0, 0.05) is 27.2 Å². The highest BCUT2D eigenvalue weighted by atomic mass is 32.2. The number of anilines is 2. The minimum Gasteiger partial charge on any atom is -0.366 e. The fourth-order valence-electron chi connectivity index (χ4n) is 1.29. The molecule has 0 saturated carbocycles. The molecule has 7 nitrogen and oxygen atoms in total. The summed E-state index contributed by atoms with van der Waals surface area (Å²) in [6.07, 6.45) is 1.94. The highest BCUT2D eigenvalue weighted by molar-refractivity contribution is 7.89. The third kappa shape index (κ3) is 4.89. The van der Waals surface area contributed by atoms with E-state index in [1.807, 2.05) is 6.92 Å². The predicted octanol–water partition coefficient (Wildman–Crippen LogP) is 0.741. The lowest BCUT2D eigenvalue weighted by Gasteiger charge is -2.12. The molecule has 0 bridgehead atoms.